The van der Waals surface area contributed by atoms with E-state index in [0.717, 1.165) is 76.4 Å². The number of methoxy groups -OCH3 is 1. The molecule has 0 fully saturated rings. The van der Waals surface area contributed by atoms with E-state index in [2.05, 4.69) is 25.4 Å². The molecule has 9 heteroatoms. The first-order chi connectivity index (χ1) is 20.4. The molecule has 218 valence electrons. The number of rotatable bonds is 14. The number of nitrogens with zero attached hydrogens (tertiary/aromatic N) is 3. The summed E-state index contributed by atoms with van der Waals surface area (Å²) in [6.07, 6.45) is 10.3. The molecule has 5 rings (SSSR count). The fourth-order valence-electron chi connectivity index (χ4n) is 5.30. The van der Waals surface area contributed by atoms with Gasteiger partial charge in [-0.05, 0) is 67.3 Å². The van der Waals surface area contributed by atoms with Crippen LogP contribution < -0.4 is 10.1 Å². The van der Waals surface area contributed by atoms with Crippen molar-refractivity contribution in [3.8, 4) is 22.7 Å². The van der Waals surface area contributed by atoms with Crippen LogP contribution in [0.4, 0.5) is 0 Å². The third kappa shape index (κ3) is 6.79. The maximum Gasteiger partial charge on any atom is 0.225 e. The van der Waals surface area contributed by atoms with E-state index in [1.807, 2.05) is 79.5 Å². The molecule has 0 aliphatic heterocycles. The van der Waals surface area contributed by atoms with Crippen molar-refractivity contribution >= 4 is 22.6 Å². The first-order valence-electron chi connectivity index (χ1n) is 14.6. The summed E-state index contributed by atoms with van der Waals surface area (Å²) in [6.45, 7) is 3.89. The highest BCUT2D eigenvalue weighted by molar-refractivity contribution is 5.91. The van der Waals surface area contributed by atoms with Crippen LogP contribution in [0.2, 0.25) is 0 Å². The molecule has 5 aromatic rings. The van der Waals surface area contributed by atoms with Gasteiger partial charge in [-0.15, -0.1) is 0 Å². The molecule has 0 bridgehead atoms. The lowest BCUT2D eigenvalue weighted by atomic mass is 10.0. The van der Waals surface area contributed by atoms with E-state index in [1.54, 1.807) is 13.3 Å². The molecule has 0 saturated heterocycles. The van der Waals surface area contributed by atoms with Crippen LogP contribution in [0.5, 0.6) is 5.75 Å². The second-order valence-electron chi connectivity index (χ2n) is 10.6. The van der Waals surface area contributed by atoms with Crippen molar-refractivity contribution in [3.05, 3.63) is 84.2 Å². The topological polar surface area (TPSA) is 118 Å². The summed E-state index contributed by atoms with van der Waals surface area (Å²) in [5.41, 5.74) is 5.74. The predicted molar refractivity (Wildman–Crippen MR) is 164 cm³/mol. The summed E-state index contributed by atoms with van der Waals surface area (Å²) in [4.78, 5) is 36.7. The maximum atomic E-state index is 13.4. The molecule has 0 radical (unpaired) electrons. The van der Waals surface area contributed by atoms with Gasteiger partial charge in [0.1, 0.15) is 17.4 Å². The summed E-state index contributed by atoms with van der Waals surface area (Å²) < 4.78 is 7.22. The number of hydrogen-bond donors (Lipinski definition) is 3. The van der Waals surface area contributed by atoms with Crippen molar-refractivity contribution in [2.75, 3.05) is 7.11 Å². The highest BCUT2D eigenvalue weighted by Gasteiger charge is 2.20. The molecule has 0 aliphatic carbocycles. The average molecular weight is 567 g/mol. The summed E-state index contributed by atoms with van der Waals surface area (Å²) >= 11 is 0. The van der Waals surface area contributed by atoms with Gasteiger partial charge in [0.25, 0.3) is 0 Å². The number of benzene rings is 2. The summed E-state index contributed by atoms with van der Waals surface area (Å²) in [5.74, 6) is 1.69. The molecule has 0 saturated carbocycles. The van der Waals surface area contributed by atoms with Gasteiger partial charge in [-0.3, -0.25) is 9.59 Å². The minimum absolute atomic E-state index is 0.0745. The second-order valence-corrected chi connectivity index (χ2v) is 10.6. The normalized spacial score (nSPS) is 12.0. The van der Waals surface area contributed by atoms with Gasteiger partial charge in [-0.2, -0.15) is 5.10 Å². The van der Waals surface area contributed by atoms with E-state index in [9.17, 15) is 9.59 Å². The highest BCUT2D eigenvalue weighted by Crippen LogP contribution is 2.28. The number of imidazole rings is 1. The van der Waals surface area contributed by atoms with Crippen molar-refractivity contribution in [1.82, 2.24) is 30.0 Å². The Morgan fingerprint density at radius 3 is 2.64 bits per heavy atom. The Morgan fingerprint density at radius 1 is 1.07 bits per heavy atom. The van der Waals surface area contributed by atoms with E-state index >= 15 is 0 Å². The molecule has 42 heavy (non-hydrogen) atoms. The summed E-state index contributed by atoms with van der Waals surface area (Å²) in [6, 6.07) is 15.5. The smallest absolute Gasteiger partial charge is 0.225 e. The SMILES string of the molecule is CCC(=O)CCCCC[C@H](NC(=O)Cc1c(C)[nH]c2ccc(OC)cc12)c1ncc(-c2ccc(-n3cccn3)cc2)[nH]1. The number of amides is 1. The van der Waals surface area contributed by atoms with Gasteiger partial charge < -0.3 is 20.0 Å². The lowest BCUT2D eigenvalue weighted by Crippen LogP contribution is -2.30. The molecule has 9 nitrogen and oxygen atoms in total. The van der Waals surface area contributed by atoms with Gasteiger partial charge in [0.05, 0.1) is 37.2 Å². The zero-order chi connectivity index (χ0) is 29.5. The van der Waals surface area contributed by atoms with Crippen LogP contribution in [0.1, 0.15) is 68.6 Å². The number of fused-ring (bicyclic) bond motifs is 1. The summed E-state index contributed by atoms with van der Waals surface area (Å²) in [5, 5.41) is 8.51. The molecule has 1 atom stereocenters. The van der Waals surface area contributed by atoms with Crippen molar-refractivity contribution < 1.29 is 14.3 Å². The molecular formula is C33H38N6O3. The zero-order valence-electron chi connectivity index (χ0n) is 24.4. The monoisotopic (exact) mass is 566 g/mol. The van der Waals surface area contributed by atoms with Crippen LogP contribution in [0.15, 0.2) is 67.1 Å². The molecule has 0 aliphatic rings. The minimum atomic E-state index is -0.281. The Hall–Kier alpha value is -4.66. The molecule has 3 aromatic heterocycles. The number of carbonyl (C=O) groups is 2. The number of Topliss-reactive ketones (excluding diaryl/α,β-unsaturated/α-hetero) is 1. The highest BCUT2D eigenvalue weighted by atomic mass is 16.5. The van der Waals surface area contributed by atoms with E-state index in [-0.39, 0.29) is 18.4 Å². The number of H-pyrrole nitrogens is 2. The van der Waals surface area contributed by atoms with Crippen LogP contribution in [0, 0.1) is 6.92 Å². The van der Waals surface area contributed by atoms with Crippen LogP contribution in [-0.2, 0) is 16.0 Å². The second kappa shape index (κ2) is 13.3. The standard InChI is InChI=1S/C33H38N6O3/c1-4-25(40)9-6-5-7-10-30(37-32(41)20-27-22(2)36-29-16-15-26(42-3)19-28(27)29)33-34-21-31(38-33)23-11-13-24(14-12-23)39-18-8-17-35-39/h8,11-19,21,30,36H,4-7,9-10,20H2,1-3H3,(H,34,38)(H,37,41)/t30-/m0/s1. The molecule has 1 amide bonds. The van der Waals surface area contributed by atoms with Crippen molar-refractivity contribution in [3.63, 3.8) is 0 Å². The summed E-state index contributed by atoms with van der Waals surface area (Å²) in [7, 11) is 1.64. The van der Waals surface area contributed by atoms with Crippen LogP contribution in [-0.4, -0.2) is 43.5 Å². The van der Waals surface area contributed by atoms with Gasteiger partial charge in [0.15, 0.2) is 0 Å². The van der Waals surface area contributed by atoms with Crippen molar-refractivity contribution in [1.29, 1.82) is 0 Å². The fourth-order valence-corrected chi connectivity index (χ4v) is 5.30. The number of aryl methyl sites for hydroxylation is 1. The van der Waals surface area contributed by atoms with Gasteiger partial charge >= 0.3 is 0 Å². The molecule has 2 aromatic carbocycles. The fraction of sp³-hybridized carbons (Fsp3) is 0.333. The zero-order valence-corrected chi connectivity index (χ0v) is 24.4. The van der Waals surface area contributed by atoms with Crippen LogP contribution >= 0.6 is 0 Å². The Labute approximate surface area is 245 Å². The first-order valence-corrected chi connectivity index (χ1v) is 14.6. The van der Waals surface area contributed by atoms with Gasteiger partial charge in [-0.1, -0.05) is 31.9 Å². The first kappa shape index (κ1) is 28.9. The third-order valence-electron chi connectivity index (χ3n) is 7.71. The van der Waals surface area contributed by atoms with E-state index in [0.29, 0.717) is 18.6 Å². The number of aromatic amines is 2. The number of unbranched alkanes of at least 4 members (excludes halogenated alkanes) is 2. The Morgan fingerprint density at radius 2 is 1.90 bits per heavy atom. The minimum Gasteiger partial charge on any atom is -0.497 e. The predicted octanol–water partition coefficient (Wildman–Crippen LogP) is 6.39. The number of ether oxygens (including phenoxy) is 1. The number of aromatic nitrogens is 5. The average Bonchev–Trinajstić information content (AvgIpc) is 3.78. The third-order valence-corrected chi connectivity index (χ3v) is 7.71. The molecule has 0 unspecified atom stereocenters. The Kier molecular flexibility index (Phi) is 9.16. The number of ketones is 1. The number of carbonyl (C=O) groups excluding carboxylic acids is 2. The van der Waals surface area contributed by atoms with E-state index in [1.165, 1.54) is 0 Å². The van der Waals surface area contributed by atoms with Crippen LogP contribution in [0.3, 0.4) is 0 Å². The molecule has 0 spiro atoms. The Bertz CT molecular complexity index is 1630. The quantitative estimate of drug-likeness (QED) is 0.135. The van der Waals surface area contributed by atoms with Gasteiger partial charge in [0, 0.05) is 41.8 Å². The molecule has 3 heterocycles. The van der Waals surface area contributed by atoms with Crippen molar-refractivity contribution in [2.24, 2.45) is 0 Å². The van der Waals surface area contributed by atoms with Crippen molar-refractivity contribution in [2.45, 2.75) is 64.8 Å². The van der Waals surface area contributed by atoms with Gasteiger partial charge in [-0.25, -0.2) is 9.67 Å². The Balaban J connectivity index is 1.31. The number of hydrogen-bond acceptors (Lipinski definition) is 5. The molecule has 3 N–H and O–H groups in total. The number of nitrogens with one attached hydrogen (secondary N) is 3. The lowest BCUT2D eigenvalue weighted by Gasteiger charge is -2.17. The largest absolute Gasteiger partial charge is 0.497 e. The van der Waals surface area contributed by atoms with E-state index in [4.69, 9.17) is 4.74 Å². The maximum absolute atomic E-state index is 13.4. The van der Waals surface area contributed by atoms with Crippen LogP contribution in [0.25, 0.3) is 27.8 Å². The molecular weight excluding hydrogens is 528 g/mol. The van der Waals surface area contributed by atoms with Gasteiger partial charge in [0.2, 0.25) is 5.91 Å². The lowest BCUT2D eigenvalue weighted by molar-refractivity contribution is -0.121. The van der Waals surface area contributed by atoms with E-state index < -0.39 is 0 Å².